The highest BCUT2D eigenvalue weighted by Crippen LogP contribution is 2.29. The molecule has 2 aromatic heterocycles. The molecule has 1 fully saturated rings. The van der Waals surface area contributed by atoms with Crippen molar-refractivity contribution in [2.24, 2.45) is 0 Å². The third-order valence-electron chi connectivity index (χ3n) is 5.88. The van der Waals surface area contributed by atoms with E-state index in [1.54, 1.807) is 38.2 Å². The second-order valence-electron chi connectivity index (χ2n) is 8.15. The van der Waals surface area contributed by atoms with Gasteiger partial charge in [-0.15, -0.1) is 0 Å². The zero-order chi connectivity index (χ0) is 23.4. The van der Waals surface area contributed by atoms with Gasteiger partial charge in [0.05, 0.1) is 12.2 Å². The molecule has 0 unspecified atom stereocenters. The SMILES string of the molecule is CCCOc1ccc(C(=O)N2CCN(c3ccccn3)CC2)cc1-c1nc(C)c(C)c(=O)[nH]1. The maximum absolute atomic E-state index is 13.3. The summed E-state index contributed by atoms with van der Waals surface area (Å²) in [6, 6.07) is 11.2. The van der Waals surface area contributed by atoms with Gasteiger partial charge in [-0.05, 0) is 50.6 Å². The highest BCUT2D eigenvalue weighted by Gasteiger charge is 2.24. The lowest BCUT2D eigenvalue weighted by atomic mass is 10.1. The summed E-state index contributed by atoms with van der Waals surface area (Å²) in [6.07, 6.45) is 2.62. The number of H-pyrrole nitrogens is 1. The molecule has 1 saturated heterocycles. The van der Waals surface area contributed by atoms with E-state index in [0.717, 1.165) is 25.3 Å². The minimum absolute atomic E-state index is 0.0508. The molecule has 1 amide bonds. The lowest BCUT2D eigenvalue weighted by Crippen LogP contribution is -2.49. The lowest BCUT2D eigenvalue weighted by molar-refractivity contribution is 0.0746. The first kappa shape index (κ1) is 22.5. The van der Waals surface area contributed by atoms with Crippen LogP contribution in [-0.4, -0.2) is 58.5 Å². The van der Waals surface area contributed by atoms with E-state index in [2.05, 4.69) is 19.9 Å². The summed E-state index contributed by atoms with van der Waals surface area (Å²) in [6.45, 7) is 8.76. The fraction of sp³-hybridized carbons (Fsp3) is 0.360. The van der Waals surface area contributed by atoms with Crippen LogP contribution in [0.15, 0.2) is 47.4 Å². The van der Waals surface area contributed by atoms with Gasteiger partial charge in [0.2, 0.25) is 0 Å². The van der Waals surface area contributed by atoms with Crippen molar-refractivity contribution < 1.29 is 9.53 Å². The predicted molar refractivity (Wildman–Crippen MR) is 128 cm³/mol. The number of nitrogens with one attached hydrogen (secondary N) is 1. The first-order valence-corrected chi connectivity index (χ1v) is 11.3. The number of benzene rings is 1. The second kappa shape index (κ2) is 9.85. The van der Waals surface area contributed by atoms with E-state index in [9.17, 15) is 9.59 Å². The van der Waals surface area contributed by atoms with Crippen LogP contribution in [0, 0.1) is 13.8 Å². The van der Waals surface area contributed by atoms with Gasteiger partial charge in [0.15, 0.2) is 0 Å². The Labute approximate surface area is 193 Å². The smallest absolute Gasteiger partial charge is 0.254 e. The zero-order valence-corrected chi connectivity index (χ0v) is 19.3. The van der Waals surface area contributed by atoms with Crippen molar-refractivity contribution in [1.29, 1.82) is 0 Å². The molecule has 3 aromatic rings. The van der Waals surface area contributed by atoms with E-state index in [1.807, 2.05) is 30.0 Å². The number of carbonyl (C=O) groups excluding carboxylic acids is 1. The fourth-order valence-corrected chi connectivity index (χ4v) is 3.82. The Bertz CT molecular complexity index is 1180. The third kappa shape index (κ3) is 4.89. The lowest BCUT2D eigenvalue weighted by Gasteiger charge is -2.35. The number of carbonyl (C=O) groups is 1. The maximum Gasteiger partial charge on any atom is 0.254 e. The van der Waals surface area contributed by atoms with Gasteiger partial charge in [-0.25, -0.2) is 9.97 Å². The summed E-state index contributed by atoms with van der Waals surface area (Å²) >= 11 is 0. The molecule has 172 valence electrons. The average molecular weight is 448 g/mol. The third-order valence-corrected chi connectivity index (χ3v) is 5.88. The summed E-state index contributed by atoms with van der Waals surface area (Å²) in [5.74, 6) is 1.88. The maximum atomic E-state index is 13.3. The van der Waals surface area contributed by atoms with Crippen LogP contribution in [0.1, 0.15) is 35.0 Å². The molecule has 1 N–H and O–H groups in total. The molecule has 4 rings (SSSR count). The molecule has 1 aliphatic rings. The van der Waals surface area contributed by atoms with Crippen LogP contribution >= 0.6 is 0 Å². The van der Waals surface area contributed by atoms with Crippen molar-refractivity contribution in [2.45, 2.75) is 27.2 Å². The molecule has 0 atom stereocenters. The Hall–Kier alpha value is -3.68. The highest BCUT2D eigenvalue weighted by molar-refractivity contribution is 5.96. The number of ether oxygens (including phenoxy) is 1. The average Bonchev–Trinajstić information content (AvgIpc) is 2.86. The second-order valence-corrected chi connectivity index (χ2v) is 8.15. The number of nitrogens with zero attached hydrogens (tertiary/aromatic N) is 4. The Morgan fingerprint density at radius 2 is 1.91 bits per heavy atom. The molecule has 1 aliphatic heterocycles. The van der Waals surface area contributed by atoms with Crippen molar-refractivity contribution >= 4 is 11.7 Å². The summed E-state index contributed by atoms with van der Waals surface area (Å²) in [5.41, 5.74) is 2.19. The first-order valence-electron chi connectivity index (χ1n) is 11.3. The number of rotatable bonds is 6. The van der Waals surface area contributed by atoms with Gasteiger partial charge < -0.3 is 19.5 Å². The minimum atomic E-state index is -0.193. The largest absolute Gasteiger partial charge is 0.493 e. The number of aromatic nitrogens is 3. The van der Waals surface area contributed by atoms with Crippen LogP contribution in [0.4, 0.5) is 5.82 Å². The van der Waals surface area contributed by atoms with E-state index in [4.69, 9.17) is 4.74 Å². The van der Waals surface area contributed by atoms with E-state index >= 15 is 0 Å². The molecule has 0 spiro atoms. The molecule has 0 saturated carbocycles. The fourth-order valence-electron chi connectivity index (χ4n) is 3.82. The first-order chi connectivity index (χ1) is 16.0. The van der Waals surface area contributed by atoms with Crippen LogP contribution in [0.2, 0.25) is 0 Å². The quantitative estimate of drug-likeness (QED) is 0.624. The molecule has 0 aliphatic carbocycles. The summed E-state index contributed by atoms with van der Waals surface area (Å²) < 4.78 is 5.89. The molecular weight excluding hydrogens is 418 g/mol. The Kier molecular flexibility index (Phi) is 6.72. The van der Waals surface area contributed by atoms with Gasteiger partial charge in [-0.2, -0.15) is 0 Å². The van der Waals surface area contributed by atoms with E-state index < -0.39 is 0 Å². The van der Waals surface area contributed by atoms with E-state index in [1.165, 1.54) is 0 Å². The van der Waals surface area contributed by atoms with Gasteiger partial charge in [0.25, 0.3) is 11.5 Å². The van der Waals surface area contributed by atoms with Crippen LogP contribution in [0.3, 0.4) is 0 Å². The van der Waals surface area contributed by atoms with Crippen molar-refractivity contribution in [3.05, 3.63) is 69.8 Å². The number of amides is 1. The van der Waals surface area contributed by atoms with Gasteiger partial charge >= 0.3 is 0 Å². The van der Waals surface area contributed by atoms with E-state index in [0.29, 0.717) is 53.7 Å². The summed E-state index contributed by atoms with van der Waals surface area (Å²) in [7, 11) is 0. The monoisotopic (exact) mass is 447 g/mol. The normalized spacial score (nSPS) is 13.8. The van der Waals surface area contributed by atoms with Gasteiger partial charge in [0, 0.05) is 49.2 Å². The minimum Gasteiger partial charge on any atom is -0.493 e. The molecule has 8 heteroatoms. The van der Waals surface area contributed by atoms with Crippen LogP contribution in [-0.2, 0) is 0 Å². The number of aryl methyl sites for hydroxylation is 1. The van der Waals surface area contributed by atoms with Crippen molar-refractivity contribution in [1.82, 2.24) is 19.9 Å². The molecule has 3 heterocycles. The molecule has 33 heavy (non-hydrogen) atoms. The number of aromatic amines is 1. The van der Waals surface area contributed by atoms with Gasteiger partial charge in [-0.1, -0.05) is 13.0 Å². The van der Waals surface area contributed by atoms with Crippen molar-refractivity contribution in [3.63, 3.8) is 0 Å². The highest BCUT2D eigenvalue weighted by atomic mass is 16.5. The van der Waals surface area contributed by atoms with Gasteiger partial charge in [-0.3, -0.25) is 9.59 Å². The molecule has 8 nitrogen and oxygen atoms in total. The number of piperazine rings is 1. The summed E-state index contributed by atoms with van der Waals surface area (Å²) in [4.78, 5) is 41.5. The molecule has 0 bridgehead atoms. The van der Waals surface area contributed by atoms with Crippen molar-refractivity contribution in [2.75, 3.05) is 37.7 Å². The van der Waals surface area contributed by atoms with E-state index in [-0.39, 0.29) is 11.5 Å². The van der Waals surface area contributed by atoms with Crippen LogP contribution < -0.4 is 15.2 Å². The Morgan fingerprint density at radius 1 is 1.12 bits per heavy atom. The molecule has 0 radical (unpaired) electrons. The zero-order valence-electron chi connectivity index (χ0n) is 19.3. The van der Waals surface area contributed by atoms with Crippen LogP contribution in [0.5, 0.6) is 5.75 Å². The van der Waals surface area contributed by atoms with Crippen LogP contribution in [0.25, 0.3) is 11.4 Å². The Morgan fingerprint density at radius 3 is 2.58 bits per heavy atom. The van der Waals surface area contributed by atoms with Gasteiger partial charge in [0.1, 0.15) is 17.4 Å². The topological polar surface area (TPSA) is 91.4 Å². The standard InChI is InChI=1S/C25H29N5O3/c1-4-15-33-21-9-8-19(16-20(21)23-27-18(3)17(2)24(31)28-23)25(32)30-13-11-29(12-14-30)22-7-5-6-10-26-22/h5-10,16H,4,11-15H2,1-3H3,(H,27,28,31). The molecular formula is C25H29N5O3. The number of pyridine rings is 1. The number of hydrogen-bond donors (Lipinski definition) is 1. The predicted octanol–water partition coefficient (Wildman–Crippen LogP) is 3.20. The molecule has 1 aromatic carbocycles. The van der Waals surface area contributed by atoms with Crippen molar-refractivity contribution in [3.8, 4) is 17.1 Å². The Balaban J connectivity index is 1.59. The number of hydrogen-bond acceptors (Lipinski definition) is 6. The summed E-state index contributed by atoms with van der Waals surface area (Å²) in [5, 5.41) is 0. The number of anilines is 1.